The standard InChI is InChI=1S/C16H13BrN4O6S2/c1-8-13(17)14(27-19-8)20-29(23,24)12-4-5-28-15(12)21(16(18)22)9-2-3-10-11(6-9)26-7-25-10/h2-6,20H,7H2,1H3,(H2,18,22). The summed E-state index contributed by atoms with van der Waals surface area (Å²) in [6, 6.07) is 5.25. The largest absolute Gasteiger partial charge is 0.454 e. The van der Waals surface area contributed by atoms with Gasteiger partial charge in [0, 0.05) is 6.07 Å². The molecule has 0 fully saturated rings. The lowest BCUT2D eigenvalue weighted by Gasteiger charge is -2.20. The van der Waals surface area contributed by atoms with Crippen LogP contribution in [0, 0.1) is 6.92 Å². The number of hydrogen-bond donors (Lipinski definition) is 2. The van der Waals surface area contributed by atoms with Crippen molar-refractivity contribution in [2.24, 2.45) is 5.73 Å². The van der Waals surface area contributed by atoms with Crippen LogP contribution in [0.15, 0.2) is 43.5 Å². The van der Waals surface area contributed by atoms with Crippen molar-refractivity contribution in [1.29, 1.82) is 0 Å². The third-order valence-electron chi connectivity index (χ3n) is 3.96. The Morgan fingerprint density at radius 1 is 1.31 bits per heavy atom. The number of aromatic nitrogens is 1. The van der Waals surface area contributed by atoms with E-state index in [0.717, 1.165) is 16.2 Å². The average Bonchev–Trinajstić information content (AvgIpc) is 3.39. The fourth-order valence-electron chi connectivity index (χ4n) is 2.62. The van der Waals surface area contributed by atoms with Gasteiger partial charge in [-0.05, 0) is 46.4 Å². The van der Waals surface area contributed by atoms with Crippen LogP contribution in [-0.4, -0.2) is 26.4 Å². The second-order valence-corrected chi connectivity index (χ2v) is 9.16. The molecule has 29 heavy (non-hydrogen) atoms. The van der Waals surface area contributed by atoms with Crippen LogP contribution in [0.1, 0.15) is 5.69 Å². The molecule has 1 aliphatic heterocycles. The van der Waals surface area contributed by atoms with Crippen molar-refractivity contribution in [3.63, 3.8) is 0 Å². The summed E-state index contributed by atoms with van der Waals surface area (Å²) < 4.78 is 44.2. The molecule has 0 bridgehead atoms. The van der Waals surface area contributed by atoms with Crippen LogP contribution in [-0.2, 0) is 10.0 Å². The van der Waals surface area contributed by atoms with E-state index in [1.807, 2.05) is 0 Å². The predicted octanol–water partition coefficient (Wildman–Crippen LogP) is 3.55. The van der Waals surface area contributed by atoms with E-state index in [9.17, 15) is 13.2 Å². The van der Waals surface area contributed by atoms with Gasteiger partial charge in [0.05, 0.1) is 11.4 Å². The molecule has 152 valence electrons. The summed E-state index contributed by atoms with van der Waals surface area (Å²) in [6.45, 7) is 1.71. The highest BCUT2D eigenvalue weighted by Gasteiger charge is 2.30. The van der Waals surface area contributed by atoms with E-state index in [2.05, 4.69) is 25.8 Å². The summed E-state index contributed by atoms with van der Waals surface area (Å²) in [5.74, 6) is 0.867. The Labute approximate surface area is 177 Å². The molecule has 0 saturated carbocycles. The first kappa shape index (κ1) is 19.5. The molecule has 2 amide bonds. The van der Waals surface area contributed by atoms with Crippen molar-refractivity contribution in [2.45, 2.75) is 11.8 Å². The van der Waals surface area contributed by atoms with Crippen molar-refractivity contribution in [1.82, 2.24) is 5.16 Å². The van der Waals surface area contributed by atoms with Gasteiger partial charge >= 0.3 is 6.03 Å². The maximum absolute atomic E-state index is 13.0. The van der Waals surface area contributed by atoms with Gasteiger partial charge in [-0.2, -0.15) is 0 Å². The lowest BCUT2D eigenvalue weighted by atomic mass is 10.2. The number of urea groups is 1. The van der Waals surface area contributed by atoms with E-state index in [-0.39, 0.29) is 22.6 Å². The third-order valence-corrected chi connectivity index (χ3v) is 7.28. The van der Waals surface area contributed by atoms with Gasteiger partial charge in [0.1, 0.15) is 14.4 Å². The Bertz CT molecular complexity index is 1210. The maximum atomic E-state index is 13.0. The van der Waals surface area contributed by atoms with Crippen LogP contribution >= 0.6 is 27.3 Å². The van der Waals surface area contributed by atoms with Crippen LogP contribution in [0.4, 0.5) is 21.4 Å². The molecule has 4 rings (SSSR count). The number of rotatable bonds is 5. The van der Waals surface area contributed by atoms with Crippen LogP contribution in [0.25, 0.3) is 0 Å². The number of nitrogens with one attached hydrogen (secondary N) is 1. The Balaban J connectivity index is 1.74. The Hall–Kier alpha value is -2.77. The molecule has 2 aromatic heterocycles. The summed E-state index contributed by atoms with van der Waals surface area (Å²) in [6.07, 6.45) is 0. The molecule has 1 aromatic carbocycles. The van der Waals surface area contributed by atoms with E-state index in [0.29, 0.717) is 27.4 Å². The fourth-order valence-corrected chi connectivity index (χ4v) is 5.44. The number of nitrogens with zero attached hydrogens (tertiary/aromatic N) is 2. The summed E-state index contributed by atoms with van der Waals surface area (Å²) >= 11 is 4.25. The smallest absolute Gasteiger partial charge is 0.324 e. The van der Waals surface area contributed by atoms with Gasteiger partial charge in [-0.1, -0.05) is 5.16 Å². The van der Waals surface area contributed by atoms with Crippen LogP contribution in [0.5, 0.6) is 11.5 Å². The van der Waals surface area contributed by atoms with Crippen LogP contribution in [0.2, 0.25) is 0 Å². The van der Waals surface area contributed by atoms with Crippen molar-refractivity contribution in [3.05, 3.63) is 39.8 Å². The number of carbonyl (C=O) groups is 1. The zero-order chi connectivity index (χ0) is 20.8. The van der Waals surface area contributed by atoms with Gasteiger partial charge in [-0.25, -0.2) is 17.9 Å². The minimum Gasteiger partial charge on any atom is -0.454 e. The van der Waals surface area contributed by atoms with Crippen LogP contribution in [0.3, 0.4) is 0 Å². The number of anilines is 3. The zero-order valence-corrected chi connectivity index (χ0v) is 17.9. The second-order valence-electron chi connectivity index (χ2n) is 5.82. The molecular weight excluding hydrogens is 488 g/mol. The number of sulfonamides is 1. The number of thiophene rings is 1. The predicted molar refractivity (Wildman–Crippen MR) is 108 cm³/mol. The quantitative estimate of drug-likeness (QED) is 0.546. The molecule has 3 aromatic rings. The number of halogens is 1. The minimum atomic E-state index is -4.12. The highest BCUT2D eigenvalue weighted by atomic mass is 79.9. The lowest BCUT2D eigenvalue weighted by Crippen LogP contribution is -2.32. The van der Waals surface area contributed by atoms with Gasteiger partial charge in [-0.15, -0.1) is 11.3 Å². The highest BCUT2D eigenvalue weighted by molar-refractivity contribution is 9.10. The number of primary amides is 1. The fraction of sp³-hybridized carbons (Fsp3) is 0.125. The van der Waals surface area contributed by atoms with Crippen molar-refractivity contribution >= 4 is 59.9 Å². The molecule has 0 spiro atoms. The Kier molecular flexibility index (Phi) is 4.88. The lowest BCUT2D eigenvalue weighted by molar-refractivity contribution is 0.174. The van der Waals surface area contributed by atoms with Gasteiger partial charge < -0.3 is 19.7 Å². The first-order chi connectivity index (χ1) is 13.8. The Morgan fingerprint density at radius 2 is 2.07 bits per heavy atom. The number of ether oxygens (including phenoxy) is 2. The maximum Gasteiger partial charge on any atom is 0.324 e. The number of hydrogen-bond acceptors (Lipinski definition) is 8. The normalized spacial score (nSPS) is 12.8. The van der Waals surface area contributed by atoms with Gasteiger partial charge in [0.2, 0.25) is 6.79 Å². The van der Waals surface area contributed by atoms with Crippen LogP contribution < -0.4 is 24.8 Å². The van der Waals surface area contributed by atoms with Gasteiger partial charge in [0.25, 0.3) is 15.9 Å². The second kappa shape index (κ2) is 7.24. The van der Waals surface area contributed by atoms with Crippen molar-refractivity contribution < 1.29 is 27.2 Å². The van der Waals surface area contributed by atoms with E-state index < -0.39 is 16.1 Å². The summed E-state index contributed by atoms with van der Waals surface area (Å²) in [5, 5.41) is 5.33. The molecule has 0 aliphatic carbocycles. The minimum absolute atomic E-state index is 0.0589. The van der Waals surface area contributed by atoms with E-state index >= 15 is 0 Å². The molecule has 13 heteroatoms. The summed E-state index contributed by atoms with van der Waals surface area (Å²) in [7, 11) is -4.12. The third kappa shape index (κ3) is 3.52. The van der Waals surface area contributed by atoms with Gasteiger partial charge in [0.15, 0.2) is 11.5 Å². The number of carbonyl (C=O) groups excluding carboxylic acids is 1. The van der Waals surface area contributed by atoms with E-state index in [4.69, 9.17) is 19.7 Å². The Morgan fingerprint density at radius 3 is 2.76 bits per heavy atom. The molecule has 0 radical (unpaired) electrons. The van der Waals surface area contributed by atoms with E-state index in [1.54, 1.807) is 25.1 Å². The first-order valence-corrected chi connectivity index (χ1v) is 11.1. The number of amides is 2. The number of fused-ring (bicyclic) bond motifs is 1. The molecular formula is C16H13BrN4O6S2. The van der Waals surface area contributed by atoms with Crippen molar-refractivity contribution in [3.8, 4) is 11.5 Å². The zero-order valence-electron chi connectivity index (χ0n) is 14.7. The number of aryl methyl sites for hydroxylation is 1. The molecule has 0 unspecified atom stereocenters. The summed E-state index contributed by atoms with van der Waals surface area (Å²) in [4.78, 5) is 13.2. The monoisotopic (exact) mass is 500 g/mol. The SMILES string of the molecule is Cc1noc(NS(=O)(=O)c2ccsc2N(C(N)=O)c2ccc3c(c2)OCO3)c1Br. The molecule has 3 N–H and O–H groups in total. The first-order valence-electron chi connectivity index (χ1n) is 7.99. The molecule has 0 atom stereocenters. The van der Waals surface area contributed by atoms with Crippen molar-refractivity contribution in [2.75, 3.05) is 16.4 Å². The molecule has 10 nitrogen and oxygen atoms in total. The number of benzene rings is 1. The summed E-state index contributed by atoms with van der Waals surface area (Å²) in [5.41, 5.74) is 6.38. The topological polar surface area (TPSA) is 137 Å². The molecule has 1 aliphatic rings. The highest BCUT2D eigenvalue weighted by Crippen LogP contribution is 2.41. The van der Waals surface area contributed by atoms with E-state index in [1.165, 1.54) is 11.4 Å². The molecule has 0 saturated heterocycles. The van der Waals surface area contributed by atoms with Gasteiger partial charge in [-0.3, -0.25) is 4.90 Å². The number of nitrogens with two attached hydrogens (primary N) is 1. The molecule has 3 heterocycles. The average molecular weight is 501 g/mol.